The lowest BCUT2D eigenvalue weighted by atomic mass is 10.0. The number of methoxy groups -OCH3 is 1. The van der Waals surface area contributed by atoms with Crippen LogP contribution in [0.15, 0.2) is 66.9 Å². The maximum absolute atomic E-state index is 13.1. The molecule has 1 aromatic heterocycles. The highest BCUT2D eigenvalue weighted by Crippen LogP contribution is 2.29. The molecule has 1 saturated heterocycles. The molecule has 0 spiro atoms. The number of benzene rings is 2. The Morgan fingerprint density at radius 2 is 1.85 bits per heavy atom. The highest BCUT2D eigenvalue weighted by Gasteiger charge is 2.35. The van der Waals surface area contributed by atoms with Gasteiger partial charge in [0.25, 0.3) is 11.8 Å². The van der Waals surface area contributed by atoms with Gasteiger partial charge in [-0.25, -0.2) is 0 Å². The van der Waals surface area contributed by atoms with Crippen molar-refractivity contribution in [3.8, 4) is 17.2 Å². The minimum Gasteiger partial charge on any atom is -0.493 e. The van der Waals surface area contributed by atoms with Crippen LogP contribution in [0, 0.1) is 0 Å². The number of aryl methyl sites for hydroxylation is 1. The van der Waals surface area contributed by atoms with Crippen molar-refractivity contribution in [1.82, 2.24) is 20.5 Å². The van der Waals surface area contributed by atoms with Crippen LogP contribution in [0.5, 0.6) is 17.2 Å². The normalized spacial score (nSPS) is 19.9. The Morgan fingerprint density at radius 3 is 2.62 bits per heavy atom. The van der Waals surface area contributed by atoms with Gasteiger partial charge in [0.15, 0.2) is 18.1 Å². The molecule has 6 heterocycles. The standard InChI is InChI=1S/C30H32N4O6/c1-38-27-16-20-7-11-26(27)39-19-29(36)33-24-18-34(30(37)23-4-2-3-14-31-23)15-13-25(24)40-22-9-5-21(6-10-22)17-32-28(35)12-8-20/h2-7,9-11,14,16,24-25H,8,12-13,15,17-19H2,1H3,(H,32,35)(H,33,36)/t24-,25-/m1/s1. The van der Waals surface area contributed by atoms with E-state index >= 15 is 0 Å². The van der Waals surface area contributed by atoms with Crippen LogP contribution in [0.3, 0.4) is 0 Å². The molecule has 8 rings (SSSR count). The summed E-state index contributed by atoms with van der Waals surface area (Å²) in [5, 5.41) is 5.96. The van der Waals surface area contributed by atoms with Gasteiger partial charge in [0.1, 0.15) is 17.5 Å². The van der Waals surface area contributed by atoms with E-state index in [1.807, 2.05) is 36.4 Å². The molecule has 10 nitrogen and oxygen atoms in total. The molecule has 5 aliphatic heterocycles. The first-order valence-electron chi connectivity index (χ1n) is 13.3. The van der Waals surface area contributed by atoms with Crippen molar-refractivity contribution < 1.29 is 28.6 Å². The number of carbonyl (C=O) groups excluding carboxylic acids is 3. The number of piperidine rings is 1. The Kier molecular flexibility index (Phi) is 8.44. The highest BCUT2D eigenvalue weighted by atomic mass is 16.5. The van der Waals surface area contributed by atoms with Crippen LogP contribution < -0.4 is 24.8 Å². The second kappa shape index (κ2) is 12.5. The number of rotatable bonds is 2. The summed E-state index contributed by atoms with van der Waals surface area (Å²) in [7, 11) is 1.53. The number of nitrogens with zero attached hydrogens (tertiary/aromatic N) is 2. The van der Waals surface area contributed by atoms with Crippen LogP contribution in [0.4, 0.5) is 0 Å². The lowest BCUT2D eigenvalue weighted by molar-refractivity contribution is -0.125. The Labute approximate surface area is 232 Å². The van der Waals surface area contributed by atoms with Crippen molar-refractivity contribution in [2.45, 2.75) is 38.0 Å². The molecule has 4 bridgehead atoms. The van der Waals surface area contributed by atoms with Gasteiger partial charge in [-0.15, -0.1) is 0 Å². The predicted molar refractivity (Wildman–Crippen MR) is 146 cm³/mol. The SMILES string of the molecule is COc1cc2ccc1OCC(=O)N[C@@H]1CN(C(=O)c3ccccn3)CC[C@H]1Oc1ccc(cc1)CNC(=O)CC2. The van der Waals surface area contributed by atoms with Crippen LogP contribution >= 0.6 is 0 Å². The predicted octanol–water partition coefficient (Wildman–Crippen LogP) is 2.51. The van der Waals surface area contributed by atoms with E-state index in [1.54, 1.807) is 35.4 Å². The van der Waals surface area contributed by atoms with Gasteiger partial charge in [0, 0.05) is 38.7 Å². The van der Waals surface area contributed by atoms with E-state index in [4.69, 9.17) is 14.2 Å². The minimum atomic E-state index is -0.480. The summed E-state index contributed by atoms with van der Waals surface area (Å²) in [6, 6.07) is 17.6. The van der Waals surface area contributed by atoms with E-state index in [9.17, 15) is 14.4 Å². The lowest BCUT2D eigenvalue weighted by Crippen LogP contribution is -2.58. The fraction of sp³-hybridized carbons (Fsp3) is 0.333. The number of ether oxygens (including phenoxy) is 3. The molecule has 0 saturated carbocycles. The van der Waals surface area contributed by atoms with Crippen LogP contribution in [0.2, 0.25) is 0 Å². The molecule has 40 heavy (non-hydrogen) atoms. The average Bonchev–Trinajstić information content (AvgIpc) is 2.99. The first-order chi connectivity index (χ1) is 19.5. The summed E-state index contributed by atoms with van der Waals surface area (Å²) in [4.78, 5) is 44.4. The second-order valence-corrected chi connectivity index (χ2v) is 9.78. The number of hydrogen-bond donors (Lipinski definition) is 2. The molecular weight excluding hydrogens is 512 g/mol. The molecule has 5 aliphatic rings. The molecule has 10 heteroatoms. The Bertz CT molecular complexity index is 1350. The van der Waals surface area contributed by atoms with Crippen molar-refractivity contribution in [1.29, 1.82) is 0 Å². The maximum Gasteiger partial charge on any atom is 0.272 e. The van der Waals surface area contributed by atoms with Crippen molar-refractivity contribution in [3.63, 3.8) is 0 Å². The summed E-state index contributed by atoms with van der Waals surface area (Å²) < 4.78 is 17.5. The summed E-state index contributed by atoms with van der Waals surface area (Å²) in [6.07, 6.45) is 2.58. The van der Waals surface area contributed by atoms with E-state index in [2.05, 4.69) is 15.6 Å². The van der Waals surface area contributed by atoms with Crippen LogP contribution in [-0.4, -0.2) is 66.6 Å². The largest absolute Gasteiger partial charge is 0.493 e. The number of carbonyl (C=O) groups is 3. The lowest BCUT2D eigenvalue weighted by Gasteiger charge is -2.38. The Hall–Kier alpha value is -4.60. The van der Waals surface area contributed by atoms with Gasteiger partial charge in [-0.2, -0.15) is 0 Å². The van der Waals surface area contributed by atoms with Crippen molar-refractivity contribution in [2.75, 3.05) is 26.8 Å². The summed E-state index contributed by atoms with van der Waals surface area (Å²) >= 11 is 0. The smallest absolute Gasteiger partial charge is 0.272 e. The van der Waals surface area contributed by atoms with E-state index in [1.165, 1.54) is 7.11 Å². The monoisotopic (exact) mass is 544 g/mol. The number of pyridine rings is 1. The van der Waals surface area contributed by atoms with Gasteiger partial charge in [0.2, 0.25) is 5.91 Å². The molecule has 208 valence electrons. The van der Waals surface area contributed by atoms with Crippen molar-refractivity contribution in [2.24, 2.45) is 0 Å². The zero-order valence-electron chi connectivity index (χ0n) is 22.3. The maximum atomic E-state index is 13.1. The van der Waals surface area contributed by atoms with Gasteiger partial charge in [-0.3, -0.25) is 19.4 Å². The summed E-state index contributed by atoms with van der Waals surface area (Å²) in [5.74, 6) is 0.929. The summed E-state index contributed by atoms with van der Waals surface area (Å²) in [6.45, 7) is 0.872. The fourth-order valence-electron chi connectivity index (χ4n) is 4.83. The Morgan fingerprint density at radius 1 is 1.02 bits per heavy atom. The van der Waals surface area contributed by atoms with Crippen LogP contribution in [0.25, 0.3) is 0 Å². The molecule has 2 N–H and O–H groups in total. The number of hydrogen-bond acceptors (Lipinski definition) is 7. The number of likely N-dealkylation sites (tertiary alicyclic amines) is 1. The third-order valence-corrected chi connectivity index (χ3v) is 7.00. The first-order valence-corrected chi connectivity index (χ1v) is 13.3. The van der Waals surface area contributed by atoms with Crippen LogP contribution in [-0.2, 0) is 22.6 Å². The second-order valence-electron chi connectivity index (χ2n) is 9.78. The Balaban J connectivity index is 1.37. The van der Waals surface area contributed by atoms with Crippen LogP contribution in [0.1, 0.15) is 34.5 Å². The van der Waals surface area contributed by atoms with E-state index < -0.39 is 6.04 Å². The van der Waals surface area contributed by atoms with E-state index in [-0.39, 0.29) is 37.0 Å². The molecule has 0 radical (unpaired) electrons. The number of nitrogens with one attached hydrogen (secondary N) is 2. The average molecular weight is 545 g/mol. The zero-order valence-corrected chi connectivity index (χ0v) is 22.3. The fourth-order valence-corrected chi connectivity index (χ4v) is 4.83. The molecule has 3 amide bonds. The molecule has 2 atom stereocenters. The minimum absolute atomic E-state index is 0.0550. The van der Waals surface area contributed by atoms with Gasteiger partial charge in [0.05, 0.1) is 13.2 Å². The molecule has 2 aromatic carbocycles. The molecule has 0 aliphatic carbocycles. The molecular formula is C30H32N4O6. The zero-order chi connectivity index (χ0) is 27.9. The first kappa shape index (κ1) is 27.0. The highest BCUT2D eigenvalue weighted by molar-refractivity contribution is 5.92. The third kappa shape index (κ3) is 6.69. The van der Waals surface area contributed by atoms with Gasteiger partial charge >= 0.3 is 0 Å². The van der Waals surface area contributed by atoms with Crippen molar-refractivity contribution >= 4 is 17.7 Å². The third-order valence-electron chi connectivity index (χ3n) is 7.00. The van der Waals surface area contributed by atoms with Gasteiger partial charge in [-0.05, 0) is 53.9 Å². The molecule has 3 aromatic rings. The van der Waals surface area contributed by atoms with E-state index in [0.717, 1.165) is 11.1 Å². The topological polar surface area (TPSA) is 119 Å². The van der Waals surface area contributed by atoms with E-state index in [0.29, 0.717) is 55.3 Å². The van der Waals surface area contributed by atoms with Gasteiger partial charge < -0.3 is 29.7 Å². The number of amides is 3. The molecule has 0 unspecified atom stereocenters. The quantitative estimate of drug-likeness (QED) is 0.509. The number of aromatic nitrogens is 1. The summed E-state index contributed by atoms with van der Waals surface area (Å²) in [5.41, 5.74) is 2.21. The van der Waals surface area contributed by atoms with Gasteiger partial charge in [-0.1, -0.05) is 24.3 Å². The van der Waals surface area contributed by atoms with Crippen molar-refractivity contribution in [3.05, 3.63) is 83.7 Å². The molecule has 1 fully saturated rings.